The van der Waals surface area contributed by atoms with Crippen molar-refractivity contribution >= 4 is 35.1 Å². The van der Waals surface area contributed by atoms with Gasteiger partial charge in [0.1, 0.15) is 10.8 Å². The van der Waals surface area contributed by atoms with Gasteiger partial charge in [-0.05, 0) is 60.8 Å². The number of ketones is 2. The molecular weight excluding hydrogens is 605 g/mol. The van der Waals surface area contributed by atoms with Crippen LogP contribution < -0.4 is 29.6 Å². The summed E-state index contributed by atoms with van der Waals surface area (Å²) in [5, 5.41) is 22.2. The quantitative estimate of drug-likeness (QED) is 0.139. The molecule has 0 aromatic heterocycles. The number of benzene rings is 2. The van der Waals surface area contributed by atoms with Crippen molar-refractivity contribution in [3.05, 3.63) is 77.4 Å². The van der Waals surface area contributed by atoms with Crippen LogP contribution in [0.5, 0.6) is 0 Å². The fraction of sp³-hybridized carbons (Fsp3) is 0.441. The van der Waals surface area contributed by atoms with E-state index in [1.807, 2.05) is 48.5 Å². The van der Waals surface area contributed by atoms with Gasteiger partial charge in [0.15, 0.2) is 11.6 Å². The molecule has 232 valence electrons. The number of carbonyl (C=O) groups excluding carboxylic acids is 4. The van der Waals surface area contributed by atoms with Gasteiger partial charge in [-0.2, -0.15) is 10.5 Å². The van der Waals surface area contributed by atoms with Crippen molar-refractivity contribution in [2.45, 2.75) is 70.6 Å². The minimum absolute atomic E-state index is 0. The Bertz CT molecular complexity index is 1380. The van der Waals surface area contributed by atoms with Gasteiger partial charge < -0.3 is 21.3 Å². The first-order chi connectivity index (χ1) is 21.2. The van der Waals surface area contributed by atoms with Crippen LogP contribution in [0.25, 0.3) is 0 Å². The smallest absolute Gasteiger partial charge is 0.512 e. The maximum absolute atomic E-state index is 12.1. The Morgan fingerprint density at radius 3 is 1.38 bits per heavy atom. The minimum atomic E-state index is -1.01. The molecule has 45 heavy (non-hydrogen) atoms. The van der Waals surface area contributed by atoms with E-state index in [2.05, 4.69) is 6.07 Å². The predicted molar refractivity (Wildman–Crippen MR) is 162 cm³/mol. The van der Waals surface area contributed by atoms with E-state index in [9.17, 15) is 19.2 Å². The first-order valence-corrected chi connectivity index (χ1v) is 14.5. The number of halogens is 1. The SMILES string of the molecule is CC#N.COC(=O)C1(Cc2ccc(CC#N)cc2)CCCC1=O.COC(=O)C1(Cc2ccc(CCl)cc2)CCCC1=O.[C-]#N.[Na+]. The summed E-state index contributed by atoms with van der Waals surface area (Å²) >= 11 is 5.74. The van der Waals surface area contributed by atoms with Gasteiger partial charge in [0, 0.05) is 25.6 Å². The first-order valence-electron chi connectivity index (χ1n) is 14.0. The summed E-state index contributed by atoms with van der Waals surface area (Å²) in [6, 6.07) is 19.0. The third-order valence-electron chi connectivity index (χ3n) is 7.73. The minimum Gasteiger partial charge on any atom is -0.512 e. The summed E-state index contributed by atoms with van der Waals surface area (Å²) in [6.45, 7) is 6.18. The van der Waals surface area contributed by atoms with Gasteiger partial charge >= 0.3 is 41.5 Å². The molecule has 2 aliphatic carbocycles. The van der Waals surface area contributed by atoms with E-state index in [0.717, 1.165) is 35.1 Å². The number of nitrogens with zero attached hydrogens (tertiary/aromatic N) is 3. The molecule has 2 unspecified atom stereocenters. The Morgan fingerprint density at radius 1 is 0.778 bits per heavy atom. The van der Waals surface area contributed by atoms with Crippen LogP contribution in [-0.4, -0.2) is 37.7 Å². The number of ether oxygens (including phenoxy) is 2. The van der Waals surface area contributed by atoms with Crippen LogP contribution in [0, 0.1) is 45.3 Å². The van der Waals surface area contributed by atoms with Crippen molar-refractivity contribution < 1.29 is 58.2 Å². The average molecular weight is 642 g/mol. The molecule has 2 aliphatic rings. The zero-order chi connectivity index (χ0) is 33.2. The van der Waals surface area contributed by atoms with Gasteiger partial charge in [0.05, 0.1) is 32.8 Å². The molecule has 0 spiro atoms. The Balaban J connectivity index is 0.000000739. The summed E-state index contributed by atoms with van der Waals surface area (Å²) in [6.07, 6.45) is 4.70. The monoisotopic (exact) mass is 641 g/mol. The van der Waals surface area contributed by atoms with E-state index < -0.39 is 22.8 Å². The molecule has 2 fully saturated rings. The second kappa shape index (κ2) is 21.3. The largest absolute Gasteiger partial charge is 1.00 e. The Hall–Kier alpha value is -3.52. The van der Waals surface area contributed by atoms with E-state index in [1.165, 1.54) is 21.1 Å². The molecule has 2 aromatic rings. The summed E-state index contributed by atoms with van der Waals surface area (Å²) in [5.74, 6) is -0.398. The molecule has 9 nitrogen and oxygen atoms in total. The molecule has 2 saturated carbocycles. The van der Waals surface area contributed by atoms with Crippen LogP contribution in [0.1, 0.15) is 67.7 Å². The molecule has 0 saturated heterocycles. The average Bonchev–Trinajstić information content (AvgIpc) is 3.61. The van der Waals surface area contributed by atoms with Crippen molar-refractivity contribution in [3.63, 3.8) is 0 Å². The Kier molecular flexibility index (Phi) is 19.6. The van der Waals surface area contributed by atoms with Crippen LogP contribution in [0.4, 0.5) is 0 Å². The van der Waals surface area contributed by atoms with Crippen LogP contribution in [0.15, 0.2) is 48.5 Å². The van der Waals surface area contributed by atoms with Gasteiger partial charge in [-0.25, -0.2) is 0 Å². The van der Waals surface area contributed by atoms with Crippen molar-refractivity contribution in [3.8, 4) is 12.1 Å². The fourth-order valence-electron chi connectivity index (χ4n) is 5.51. The molecule has 0 bridgehead atoms. The number of hydrogen-bond acceptors (Lipinski definition) is 9. The second-order valence-electron chi connectivity index (χ2n) is 10.4. The van der Waals surface area contributed by atoms with Gasteiger partial charge in [0.25, 0.3) is 0 Å². The van der Waals surface area contributed by atoms with Crippen molar-refractivity contribution in [2.24, 2.45) is 10.8 Å². The molecule has 0 amide bonds. The molecule has 11 heteroatoms. The maximum atomic E-state index is 12.1. The molecule has 0 N–H and O–H groups in total. The number of esters is 2. The van der Waals surface area contributed by atoms with Crippen LogP contribution in [-0.2, 0) is 53.8 Å². The number of methoxy groups -OCH3 is 2. The molecule has 0 radical (unpaired) electrons. The summed E-state index contributed by atoms with van der Waals surface area (Å²) in [5.41, 5.74) is 1.86. The molecule has 2 aromatic carbocycles. The topological polar surface area (TPSA) is 158 Å². The third-order valence-corrected chi connectivity index (χ3v) is 8.04. The number of hydrogen-bond donors (Lipinski definition) is 0. The zero-order valence-electron chi connectivity index (χ0n) is 26.4. The second-order valence-corrected chi connectivity index (χ2v) is 10.6. The molecular formula is C34H37ClN3NaO6. The first kappa shape index (κ1) is 41.5. The molecule has 0 heterocycles. The molecule has 4 rings (SSSR count). The Morgan fingerprint density at radius 2 is 1.11 bits per heavy atom. The maximum Gasteiger partial charge on any atom is 1.00 e. The summed E-state index contributed by atoms with van der Waals surface area (Å²) in [7, 11) is 2.66. The number of alkyl halides is 1. The van der Waals surface area contributed by atoms with Gasteiger partial charge in [-0.3, -0.25) is 19.2 Å². The number of carbonyl (C=O) groups is 4. The zero-order valence-corrected chi connectivity index (χ0v) is 29.1. The van der Waals surface area contributed by atoms with E-state index >= 15 is 0 Å². The van der Waals surface area contributed by atoms with E-state index in [1.54, 1.807) is 6.07 Å². The van der Waals surface area contributed by atoms with Crippen LogP contribution in [0.2, 0.25) is 0 Å². The Labute approximate surface area is 292 Å². The van der Waals surface area contributed by atoms with Crippen molar-refractivity contribution in [1.82, 2.24) is 0 Å². The van der Waals surface area contributed by atoms with E-state index in [-0.39, 0.29) is 41.1 Å². The van der Waals surface area contributed by atoms with Gasteiger partial charge in [-0.15, -0.1) is 11.6 Å². The van der Waals surface area contributed by atoms with Crippen LogP contribution >= 0.6 is 11.6 Å². The van der Waals surface area contributed by atoms with Gasteiger partial charge in [-0.1, -0.05) is 48.5 Å². The standard InChI is InChI=1S/C16H17NO3.C15H17ClO3.C2H3N.CN.Na/c1-20-15(19)16(9-2-3-14(16)18)11-13-6-4-12(5-7-13)8-10-17;1-19-14(18)15(8-2-3-13(15)17)9-11-4-6-12(10-16)7-5-11;1-2-3;1-2;/h4-7H,2-3,8-9,11H2,1H3;4-7H,2-3,8-10H2,1H3;1H3;;/q;;;-1;+1. The van der Waals surface area contributed by atoms with Crippen molar-refractivity contribution in [1.29, 1.82) is 15.8 Å². The van der Waals surface area contributed by atoms with Crippen molar-refractivity contribution in [2.75, 3.05) is 14.2 Å². The molecule has 2 atom stereocenters. The van der Waals surface area contributed by atoms with Gasteiger partial charge in [0.2, 0.25) is 0 Å². The van der Waals surface area contributed by atoms with E-state index in [0.29, 0.717) is 50.8 Å². The predicted octanol–water partition coefficient (Wildman–Crippen LogP) is 2.72. The molecule has 0 aliphatic heterocycles. The normalized spacial score (nSPS) is 19.3. The summed E-state index contributed by atoms with van der Waals surface area (Å²) < 4.78 is 9.68. The summed E-state index contributed by atoms with van der Waals surface area (Å²) in [4.78, 5) is 48.3. The number of nitriles is 2. The fourth-order valence-corrected chi connectivity index (χ4v) is 5.69. The van der Waals surface area contributed by atoms with E-state index in [4.69, 9.17) is 43.4 Å². The van der Waals surface area contributed by atoms with Crippen LogP contribution in [0.3, 0.4) is 0 Å². The third kappa shape index (κ3) is 11.1. The number of Topliss-reactive ketones (excluding diaryl/α,β-unsaturated/α-hetero) is 2. The number of rotatable bonds is 8.